The Morgan fingerprint density at radius 3 is 2.77 bits per heavy atom. The van der Waals surface area contributed by atoms with Crippen LogP contribution in [0.1, 0.15) is 5.56 Å². The van der Waals surface area contributed by atoms with Gasteiger partial charge in [-0.2, -0.15) is 0 Å². The Morgan fingerprint density at radius 2 is 2.00 bits per heavy atom. The smallest absolute Gasteiger partial charge is 0.160 e. The number of ether oxygens (including phenoxy) is 1. The highest BCUT2D eigenvalue weighted by Crippen LogP contribution is 2.34. The fourth-order valence-corrected chi connectivity index (χ4v) is 2.90. The second-order valence-corrected chi connectivity index (χ2v) is 5.84. The summed E-state index contributed by atoms with van der Waals surface area (Å²) in [7, 11) is 1.53. The summed E-state index contributed by atoms with van der Waals surface area (Å²) in [6.45, 7) is 0.659. The van der Waals surface area contributed by atoms with Gasteiger partial charge in [0.05, 0.1) is 13.3 Å². The number of imidazole rings is 1. The van der Waals surface area contributed by atoms with Crippen LogP contribution in [0.5, 0.6) is 11.5 Å². The number of aromatic hydroxyl groups is 1. The maximum absolute atomic E-state index is 10.1. The molecule has 0 atom stereocenters. The van der Waals surface area contributed by atoms with Crippen LogP contribution < -0.4 is 10.1 Å². The second-order valence-electron chi connectivity index (χ2n) is 5.84. The van der Waals surface area contributed by atoms with Crippen LogP contribution in [0.4, 0.5) is 5.82 Å². The quantitative estimate of drug-likeness (QED) is 0.576. The van der Waals surface area contributed by atoms with Crippen LogP contribution in [0.25, 0.3) is 16.9 Å². The summed E-state index contributed by atoms with van der Waals surface area (Å²) in [5, 5.41) is 13.6. The van der Waals surface area contributed by atoms with Gasteiger partial charge in [-0.1, -0.05) is 30.3 Å². The van der Waals surface area contributed by atoms with Gasteiger partial charge in [-0.15, -0.1) is 0 Å². The number of rotatable bonds is 5. The average molecular weight is 346 g/mol. The summed E-state index contributed by atoms with van der Waals surface area (Å²) >= 11 is 0. The number of anilines is 1. The van der Waals surface area contributed by atoms with E-state index in [1.165, 1.54) is 12.7 Å². The van der Waals surface area contributed by atoms with Gasteiger partial charge in [0.1, 0.15) is 11.5 Å². The van der Waals surface area contributed by atoms with Gasteiger partial charge < -0.3 is 15.2 Å². The molecule has 6 nitrogen and oxygen atoms in total. The molecule has 130 valence electrons. The average Bonchev–Trinajstić information content (AvgIpc) is 3.06. The SMILES string of the molecule is COc1ccc(-c2nc3cnccn3c2NCc2ccccc2)cc1O. The Hall–Kier alpha value is -3.54. The maximum Gasteiger partial charge on any atom is 0.160 e. The third kappa shape index (κ3) is 2.93. The summed E-state index contributed by atoms with van der Waals surface area (Å²) in [4.78, 5) is 8.82. The Balaban J connectivity index is 1.77. The largest absolute Gasteiger partial charge is 0.504 e. The van der Waals surface area contributed by atoms with E-state index in [2.05, 4.69) is 27.4 Å². The summed E-state index contributed by atoms with van der Waals surface area (Å²) < 4.78 is 7.08. The van der Waals surface area contributed by atoms with E-state index in [1.807, 2.05) is 34.9 Å². The van der Waals surface area contributed by atoms with Crippen molar-refractivity contribution in [3.8, 4) is 22.8 Å². The van der Waals surface area contributed by atoms with Crippen molar-refractivity contribution < 1.29 is 9.84 Å². The van der Waals surface area contributed by atoms with Crippen molar-refractivity contribution in [2.75, 3.05) is 12.4 Å². The molecule has 0 unspecified atom stereocenters. The van der Waals surface area contributed by atoms with E-state index in [-0.39, 0.29) is 5.75 Å². The van der Waals surface area contributed by atoms with Crippen LogP contribution in [0.2, 0.25) is 0 Å². The minimum atomic E-state index is 0.0780. The summed E-state index contributed by atoms with van der Waals surface area (Å²) in [5.74, 6) is 1.35. The first-order chi connectivity index (χ1) is 12.8. The van der Waals surface area contributed by atoms with Crippen molar-refractivity contribution in [2.45, 2.75) is 6.54 Å². The van der Waals surface area contributed by atoms with Crippen molar-refractivity contribution in [1.82, 2.24) is 14.4 Å². The molecule has 2 aromatic carbocycles. The van der Waals surface area contributed by atoms with E-state index < -0.39 is 0 Å². The van der Waals surface area contributed by atoms with Crippen LogP contribution in [0, 0.1) is 0 Å². The first-order valence-electron chi connectivity index (χ1n) is 8.23. The van der Waals surface area contributed by atoms with E-state index in [0.29, 0.717) is 12.3 Å². The fraction of sp³-hybridized carbons (Fsp3) is 0.100. The zero-order valence-corrected chi connectivity index (χ0v) is 14.3. The minimum Gasteiger partial charge on any atom is -0.504 e. The van der Waals surface area contributed by atoms with Crippen molar-refractivity contribution in [3.63, 3.8) is 0 Å². The van der Waals surface area contributed by atoms with E-state index >= 15 is 0 Å². The number of nitrogens with one attached hydrogen (secondary N) is 1. The first-order valence-corrected chi connectivity index (χ1v) is 8.23. The molecule has 0 bridgehead atoms. The van der Waals surface area contributed by atoms with Crippen molar-refractivity contribution in [1.29, 1.82) is 0 Å². The molecule has 0 aliphatic heterocycles. The van der Waals surface area contributed by atoms with Crippen LogP contribution >= 0.6 is 0 Å². The zero-order valence-electron chi connectivity index (χ0n) is 14.3. The number of hydrogen-bond donors (Lipinski definition) is 2. The molecular formula is C20H18N4O2. The van der Waals surface area contributed by atoms with E-state index in [1.54, 1.807) is 24.5 Å². The zero-order chi connectivity index (χ0) is 17.9. The molecule has 2 aromatic heterocycles. The highest BCUT2D eigenvalue weighted by molar-refractivity contribution is 5.77. The Morgan fingerprint density at radius 1 is 1.15 bits per heavy atom. The van der Waals surface area contributed by atoms with Crippen molar-refractivity contribution in [3.05, 3.63) is 72.7 Å². The number of methoxy groups -OCH3 is 1. The minimum absolute atomic E-state index is 0.0780. The van der Waals surface area contributed by atoms with E-state index in [9.17, 15) is 5.11 Å². The summed E-state index contributed by atoms with van der Waals surface area (Å²) in [6.07, 6.45) is 5.29. The number of phenols is 1. The number of nitrogens with zero attached hydrogens (tertiary/aromatic N) is 3. The van der Waals surface area contributed by atoms with Gasteiger partial charge >= 0.3 is 0 Å². The van der Waals surface area contributed by atoms with Crippen LogP contribution in [-0.2, 0) is 6.54 Å². The maximum atomic E-state index is 10.1. The molecule has 0 spiro atoms. The topological polar surface area (TPSA) is 71.7 Å². The lowest BCUT2D eigenvalue weighted by Gasteiger charge is -2.10. The molecule has 0 fully saturated rings. The molecule has 0 saturated carbocycles. The molecule has 0 radical (unpaired) electrons. The lowest BCUT2D eigenvalue weighted by Crippen LogP contribution is -2.03. The highest BCUT2D eigenvalue weighted by atomic mass is 16.5. The number of aromatic nitrogens is 3. The van der Waals surface area contributed by atoms with Gasteiger partial charge in [0.25, 0.3) is 0 Å². The molecule has 4 aromatic rings. The van der Waals surface area contributed by atoms with Gasteiger partial charge in [-0.25, -0.2) is 4.98 Å². The van der Waals surface area contributed by atoms with Gasteiger partial charge in [-0.3, -0.25) is 9.38 Å². The lowest BCUT2D eigenvalue weighted by atomic mass is 10.1. The molecule has 2 N–H and O–H groups in total. The second kappa shape index (κ2) is 6.76. The standard InChI is InChI=1S/C20H18N4O2/c1-26-17-8-7-15(11-16(17)25)19-20(22-12-14-5-3-2-4-6-14)24-10-9-21-13-18(24)23-19/h2-11,13,22,25H,12H2,1H3. The van der Waals surface area contributed by atoms with Gasteiger partial charge in [0.15, 0.2) is 17.1 Å². The lowest BCUT2D eigenvalue weighted by molar-refractivity contribution is 0.373. The highest BCUT2D eigenvalue weighted by Gasteiger charge is 2.15. The number of hydrogen-bond acceptors (Lipinski definition) is 5. The Bertz CT molecular complexity index is 1040. The van der Waals surface area contributed by atoms with Gasteiger partial charge in [0.2, 0.25) is 0 Å². The van der Waals surface area contributed by atoms with Crippen molar-refractivity contribution >= 4 is 11.5 Å². The number of fused-ring (bicyclic) bond motifs is 1. The molecule has 0 aliphatic rings. The number of phenolic OH excluding ortho intramolecular Hbond substituents is 1. The predicted molar refractivity (Wildman–Crippen MR) is 100 cm³/mol. The molecule has 4 rings (SSSR count). The fourth-order valence-electron chi connectivity index (χ4n) is 2.90. The summed E-state index contributed by atoms with van der Waals surface area (Å²) in [6, 6.07) is 15.4. The van der Waals surface area contributed by atoms with Gasteiger partial charge in [-0.05, 0) is 23.8 Å². The molecule has 0 saturated heterocycles. The Kier molecular flexibility index (Phi) is 4.15. The molecule has 6 heteroatoms. The molecule has 26 heavy (non-hydrogen) atoms. The normalized spacial score (nSPS) is 10.8. The predicted octanol–water partition coefficient (Wildman–Crippen LogP) is 3.72. The van der Waals surface area contributed by atoms with Crippen LogP contribution in [-0.4, -0.2) is 26.6 Å². The van der Waals surface area contributed by atoms with E-state index in [0.717, 1.165) is 22.7 Å². The van der Waals surface area contributed by atoms with E-state index in [4.69, 9.17) is 4.74 Å². The summed E-state index contributed by atoms with van der Waals surface area (Å²) in [5.41, 5.74) is 3.43. The molecule has 0 aliphatic carbocycles. The van der Waals surface area contributed by atoms with Crippen molar-refractivity contribution in [2.24, 2.45) is 0 Å². The van der Waals surface area contributed by atoms with Crippen LogP contribution in [0.3, 0.4) is 0 Å². The Labute approximate surface area is 150 Å². The molecule has 2 heterocycles. The first kappa shape index (κ1) is 16.0. The van der Waals surface area contributed by atoms with Gasteiger partial charge in [0, 0.05) is 24.5 Å². The third-order valence-electron chi connectivity index (χ3n) is 4.19. The number of benzene rings is 2. The molecular weight excluding hydrogens is 328 g/mol. The van der Waals surface area contributed by atoms with Crippen LogP contribution in [0.15, 0.2) is 67.1 Å². The monoisotopic (exact) mass is 346 g/mol. The molecule has 0 amide bonds. The third-order valence-corrected chi connectivity index (χ3v) is 4.19.